The van der Waals surface area contributed by atoms with E-state index in [-0.39, 0.29) is 18.4 Å². The fraction of sp³-hybridized carbons (Fsp3) is 0.125. The predicted octanol–water partition coefficient (Wildman–Crippen LogP) is 3.98. The molecule has 0 amide bonds. The van der Waals surface area contributed by atoms with Gasteiger partial charge in [-0.15, -0.1) is 0 Å². The summed E-state index contributed by atoms with van der Waals surface area (Å²) >= 11 is 0. The molecule has 1 atom stereocenters. The van der Waals surface area contributed by atoms with E-state index in [9.17, 15) is 0 Å². The van der Waals surface area contributed by atoms with E-state index in [2.05, 4.69) is 15.1 Å². The predicted molar refractivity (Wildman–Crippen MR) is 117 cm³/mol. The smallest absolute Gasteiger partial charge is 0.283 e. The first-order valence-electron chi connectivity index (χ1n) is 10.1. The molecule has 4 heterocycles. The molecule has 0 aliphatic carbocycles. The maximum atomic E-state index is 15.3. The van der Waals surface area contributed by atoms with Crippen LogP contribution in [0.3, 0.4) is 0 Å². The van der Waals surface area contributed by atoms with Gasteiger partial charge in [-0.05, 0) is 41.5 Å². The number of hydrogen-bond donors (Lipinski definition) is 1. The lowest BCUT2D eigenvalue weighted by Crippen LogP contribution is -2.31. The van der Waals surface area contributed by atoms with Gasteiger partial charge in [0.2, 0.25) is 0 Å². The monoisotopic (exact) mass is 427 g/mol. The first-order chi connectivity index (χ1) is 15.5. The normalized spacial score (nSPS) is 18.5. The van der Waals surface area contributed by atoms with Crippen LogP contribution in [0.2, 0.25) is 0 Å². The molecule has 0 saturated heterocycles. The maximum absolute atomic E-state index is 15.3. The number of nitrogens with two attached hydrogens (primary N) is 1. The number of ether oxygens (including phenoxy) is 2. The van der Waals surface area contributed by atoms with E-state index in [0.717, 1.165) is 22.3 Å². The van der Waals surface area contributed by atoms with Crippen LogP contribution in [0.1, 0.15) is 11.1 Å². The molecule has 2 aromatic heterocycles. The molecule has 158 valence electrons. The molecule has 8 heteroatoms. The third-order valence-corrected chi connectivity index (χ3v) is 5.89. The van der Waals surface area contributed by atoms with Crippen LogP contribution in [-0.2, 0) is 17.3 Å². The highest BCUT2D eigenvalue weighted by Gasteiger charge is 2.48. The zero-order valence-corrected chi connectivity index (χ0v) is 17.1. The Morgan fingerprint density at radius 1 is 1.03 bits per heavy atom. The number of nitrogens with zero attached hydrogens (tertiary/aromatic N) is 4. The first-order valence-corrected chi connectivity index (χ1v) is 10.1. The topological polar surface area (TPSA) is 87.6 Å². The van der Waals surface area contributed by atoms with Crippen molar-refractivity contribution in [2.45, 2.75) is 5.54 Å². The van der Waals surface area contributed by atoms with E-state index < -0.39 is 11.4 Å². The highest BCUT2D eigenvalue weighted by molar-refractivity contribution is 5.79. The van der Waals surface area contributed by atoms with Gasteiger partial charge in [-0.1, -0.05) is 12.1 Å². The van der Waals surface area contributed by atoms with Gasteiger partial charge < -0.3 is 15.2 Å². The number of aryl methyl sites for hydroxylation is 1. The number of aliphatic imine (C=N–C) groups is 1. The first kappa shape index (κ1) is 18.6. The lowest BCUT2D eigenvalue weighted by Gasteiger charge is -2.34. The lowest BCUT2D eigenvalue weighted by molar-refractivity contribution is 0.262. The molecule has 2 N–H and O–H groups in total. The minimum absolute atomic E-state index is 0.0581. The minimum atomic E-state index is -1.02. The third kappa shape index (κ3) is 2.69. The van der Waals surface area contributed by atoms with Gasteiger partial charge in [-0.3, -0.25) is 9.67 Å². The van der Waals surface area contributed by atoms with Crippen LogP contribution in [0.15, 0.2) is 72.2 Å². The van der Waals surface area contributed by atoms with Crippen LogP contribution in [0.5, 0.6) is 11.5 Å². The van der Waals surface area contributed by atoms with E-state index in [4.69, 9.17) is 15.2 Å². The third-order valence-electron chi connectivity index (χ3n) is 5.89. The van der Waals surface area contributed by atoms with Crippen molar-refractivity contribution in [2.24, 2.45) is 17.8 Å². The summed E-state index contributed by atoms with van der Waals surface area (Å²) in [7, 11) is 1.81. The molecule has 0 fully saturated rings. The summed E-state index contributed by atoms with van der Waals surface area (Å²) in [4.78, 5) is 8.88. The number of rotatable bonds is 2. The summed E-state index contributed by atoms with van der Waals surface area (Å²) in [6.45, 7) is 0.147. The summed E-state index contributed by atoms with van der Waals surface area (Å²) in [6, 6.07) is 12.9. The van der Waals surface area contributed by atoms with Crippen LogP contribution in [-0.4, -0.2) is 27.4 Å². The molecular formula is C24H18FN5O2. The van der Waals surface area contributed by atoms with Crippen molar-refractivity contribution in [1.82, 2.24) is 14.8 Å². The van der Waals surface area contributed by atoms with Crippen LogP contribution >= 0.6 is 0 Å². The van der Waals surface area contributed by atoms with Crippen LogP contribution in [0.25, 0.3) is 22.3 Å². The van der Waals surface area contributed by atoms with Gasteiger partial charge in [0.1, 0.15) is 12.4 Å². The summed E-state index contributed by atoms with van der Waals surface area (Å²) in [5.74, 6) is 0.157. The van der Waals surface area contributed by atoms with E-state index in [1.165, 1.54) is 6.07 Å². The Morgan fingerprint density at radius 2 is 1.91 bits per heavy atom. The number of benzene rings is 2. The second-order valence-electron chi connectivity index (χ2n) is 7.89. The lowest BCUT2D eigenvalue weighted by atomic mass is 9.79. The minimum Gasteiger partial charge on any atom is -0.462 e. The second kappa shape index (κ2) is 6.65. The summed E-state index contributed by atoms with van der Waals surface area (Å²) in [5, 5.41) is 4.20. The molecule has 7 nitrogen and oxygen atoms in total. The Labute approximate surface area is 183 Å². The van der Waals surface area contributed by atoms with Crippen molar-refractivity contribution in [3.05, 3.63) is 84.2 Å². The Balaban J connectivity index is 1.59. The second-order valence-corrected chi connectivity index (χ2v) is 7.89. The van der Waals surface area contributed by atoms with Crippen LogP contribution < -0.4 is 10.5 Å². The van der Waals surface area contributed by atoms with E-state index in [1.54, 1.807) is 23.3 Å². The molecule has 0 unspecified atom stereocenters. The number of hydrogen-bond acceptors (Lipinski definition) is 6. The summed E-state index contributed by atoms with van der Waals surface area (Å²) < 4.78 is 28.6. The van der Waals surface area contributed by atoms with Gasteiger partial charge in [0.15, 0.2) is 17.1 Å². The van der Waals surface area contributed by atoms with Crippen molar-refractivity contribution < 1.29 is 13.9 Å². The Bertz CT molecular complexity index is 1400. The van der Waals surface area contributed by atoms with Crippen molar-refractivity contribution in [3.63, 3.8) is 0 Å². The number of halogens is 1. The number of aromatic nitrogens is 3. The zero-order chi connectivity index (χ0) is 21.9. The van der Waals surface area contributed by atoms with Gasteiger partial charge >= 0.3 is 0 Å². The van der Waals surface area contributed by atoms with E-state index >= 15 is 4.39 Å². The largest absolute Gasteiger partial charge is 0.462 e. The Kier molecular flexibility index (Phi) is 3.86. The summed E-state index contributed by atoms with van der Waals surface area (Å²) in [6.07, 6.45) is 7.03. The Morgan fingerprint density at radius 3 is 2.62 bits per heavy atom. The molecule has 0 saturated carbocycles. The van der Waals surface area contributed by atoms with Crippen LogP contribution in [0.4, 0.5) is 4.39 Å². The van der Waals surface area contributed by atoms with Gasteiger partial charge in [0, 0.05) is 47.9 Å². The highest BCUT2D eigenvalue weighted by atomic mass is 19.1. The van der Waals surface area contributed by atoms with Crippen molar-refractivity contribution >= 4 is 6.02 Å². The van der Waals surface area contributed by atoms with Crippen molar-refractivity contribution in [1.29, 1.82) is 0 Å². The molecule has 32 heavy (non-hydrogen) atoms. The molecule has 1 spiro atoms. The molecule has 0 radical (unpaired) electrons. The average Bonchev–Trinajstić information content (AvgIpc) is 3.41. The van der Waals surface area contributed by atoms with Crippen molar-refractivity contribution in [2.75, 3.05) is 6.61 Å². The van der Waals surface area contributed by atoms with Gasteiger partial charge in [0.05, 0.1) is 6.20 Å². The quantitative estimate of drug-likeness (QED) is 0.523. The zero-order valence-electron chi connectivity index (χ0n) is 17.1. The van der Waals surface area contributed by atoms with Gasteiger partial charge in [-0.2, -0.15) is 5.10 Å². The van der Waals surface area contributed by atoms with Gasteiger partial charge in [0.25, 0.3) is 6.02 Å². The van der Waals surface area contributed by atoms with Crippen LogP contribution in [0, 0.1) is 5.82 Å². The molecule has 6 rings (SSSR count). The van der Waals surface area contributed by atoms with Gasteiger partial charge in [-0.25, -0.2) is 9.38 Å². The highest BCUT2D eigenvalue weighted by Crippen LogP contribution is 2.53. The maximum Gasteiger partial charge on any atom is 0.283 e. The molecule has 4 aromatic rings. The molecule has 2 aliphatic heterocycles. The SMILES string of the molecule is Cn1cc(-c2cc(F)c3c(c2)[C@]2(COC(N)=N2)c2cc(-c4cccnc4)ccc2O3)cn1. The van der Waals surface area contributed by atoms with E-state index in [1.807, 2.05) is 49.6 Å². The Hall–Kier alpha value is -4.20. The van der Waals surface area contributed by atoms with E-state index in [0.29, 0.717) is 16.9 Å². The standard InChI is InChI=1S/C24H18FN5O2/c1-30-12-17(11-28-30)16-8-19-22(20(25)9-16)32-21-5-4-14(15-3-2-6-27-10-15)7-18(21)24(19)13-31-23(26)29-24/h2-12H,13H2,1H3,(H2,26,29)/t24-/m0/s1. The molecule has 2 aliphatic rings. The summed E-state index contributed by atoms with van der Waals surface area (Å²) in [5.41, 5.74) is 9.60. The molecule has 2 aromatic carbocycles. The fourth-order valence-corrected chi connectivity index (χ4v) is 4.36. The average molecular weight is 427 g/mol. The number of fused-ring (bicyclic) bond motifs is 4. The number of amidine groups is 1. The number of pyridine rings is 1. The fourth-order valence-electron chi connectivity index (χ4n) is 4.36. The molecular weight excluding hydrogens is 409 g/mol. The molecule has 0 bridgehead atoms. The van der Waals surface area contributed by atoms with Crippen molar-refractivity contribution in [3.8, 4) is 33.8 Å².